The van der Waals surface area contributed by atoms with Gasteiger partial charge in [-0.25, -0.2) is 0 Å². The first-order valence-corrected chi connectivity index (χ1v) is 23.7. The average molecular weight is 778 g/mol. The predicted octanol–water partition coefficient (Wildman–Crippen LogP) is 5.43. The second kappa shape index (κ2) is 16.6. The fraction of sp³-hybridized carbons (Fsp3) is 0.500. The zero-order chi connectivity index (χ0) is 24.0. The van der Waals surface area contributed by atoms with E-state index in [1.807, 2.05) is 32.9 Å². The van der Waals surface area contributed by atoms with Crippen LogP contribution in [0.1, 0.15) is 78.9 Å². The Bertz CT molecular complexity index is 757. The normalized spacial score (nSPS) is 13.2. The van der Waals surface area contributed by atoms with E-state index in [1.165, 1.54) is 11.1 Å². The van der Waals surface area contributed by atoms with Crippen molar-refractivity contribution in [1.82, 2.24) is 4.90 Å². The van der Waals surface area contributed by atoms with E-state index in [1.54, 1.807) is 0 Å². The fourth-order valence-corrected chi connectivity index (χ4v) is 3.70. The van der Waals surface area contributed by atoms with Gasteiger partial charge in [-0.1, -0.05) is 80.4 Å². The summed E-state index contributed by atoms with van der Waals surface area (Å²) in [5.41, 5.74) is 2.08. The molecule has 2 aromatic rings. The van der Waals surface area contributed by atoms with Crippen molar-refractivity contribution in [1.29, 1.82) is 0 Å². The van der Waals surface area contributed by atoms with Crippen molar-refractivity contribution in [3.05, 3.63) is 71.8 Å². The first-order chi connectivity index (χ1) is 15.2. The third-order valence-electron chi connectivity index (χ3n) is 5.17. The van der Waals surface area contributed by atoms with Gasteiger partial charge in [-0.2, -0.15) is 0 Å². The molecule has 0 amide bonds. The van der Waals surface area contributed by atoms with Crippen LogP contribution in [0.15, 0.2) is 60.7 Å². The molecule has 0 spiro atoms. The molecule has 6 heteroatoms. The Morgan fingerprint density at radius 2 is 1.59 bits per heavy atom. The van der Waals surface area contributed by atoms with Gasteiger partial charge in [0.05, 0.1) is 6.42 Å². The topological polar surface area (TPSA) is 29.5 Å². The Kier molecular flexibility index (Phi) is 15.7. The van der Waals surface area contributed by atoms with Crippen molar-refractivity contribution in [2.75, 3.05) is 0 Å². The Hall–Kier alpha value is 0.0600. The van der Waals surface area contributed by atoms with Gasteiger partial charge in [0.2, 0.25) is 0 Å². The monoisotopic (exact) mass is 778 g/mol. The smallest absolute Gasteiger partial charge is 1.00 e. The van der Waals surface area contributed by atoms with Gasteiger partial charge >= 0.3 is 56.5 Å². The molecule has 0 aliphatic rings. The number of hydrogen-bond donors (Lipinski definition) is 0. The molecule has 0 unspecified atom stereocenters. The molecular weight excluding hydrogens is 739 g/mol. The van der Waals surface area contributed by atoms with Gasteiger partial charge in [0, 0.05) is 18.6 Å². The molecule has 2 aromatic carbocycles. The van der Waals surface area contributed by atoms with Crippen LogP contribution >= 0.6 is 37.2 Å². The number of rotatable bonds is 10. The molecule has 3 nitrogen and oxygen atoms in total. The maximum absolute atomic E-state index is 12.7. The van der Waals surface area contributed by atoms with Gasteiger partial charge in [-0.3, -0.25) is 9.69 Å². The van der Waals surface area contributed by atoms with Crippen LogP contribution in [0.25, 0.3) is 0 Å². The number of nitrogens with zero attached hydrogens (tertiary/aromatic N) is 1. The zero-order valence-electron chi connectivity index (χ0n) is 20.9. The molecule has 0 heterocycles. The number of esters is 1. The molecule has 0 aromatic heterocycles. The fourth-order valence-electron chi connectivity index (χ4n) is 3.70. The summed E-state index contributed by atoms with van der Waals surface area (Å²) in [4.78, 5) is 15.2. The summed E-state index contributed by atoms with van der Waals surface area (Å²) in [5.74, 6) is -0.114. The molecule has 0 aliphatic heterocycles. The van der Waals surface area contributed by atoms with E-state index in [2.05, 4.69) is 105 Å². The molecule has 0 radical (unpaired) electrons. The molecule has 182 valence electrons. The van der Waals surface area contributed by atoms with Crippen LogP contribution in [0.2, 0.25) is 0 Å². The number of unbranched alkanes of at least 4 members (excludes halogenated alkanes) is 1. The molecule has 0 fully saturated rings. The average Bonchev–Trinajstić information content (AvgIpc) is 2.75. The van der Waals surface area contributed by atoms with Gasteiger partial charge < -0.3 is 6.16 Å². The van der Waals surface area contributed by atoms with Gasteiger partial charge in [0.15, 0.2) is 0 Å². The predicted molar refractivity (Wildman–Crippen MR) is 150 cm³/mol. The second-order valence-corrected chi connectivity index (χ2v) is 25.1. The number of benzene rings is 2. The van der Waals surface area contributed by atoms with E-state index in [0.717, 1.165) is 25.8 Å². The van der Waals surface area contributed by atoms with E-state index in [-0.39, 0.29) is 19.5 Å². The number of carbonyl (C=O) groups excluding carboxylic acids is 1. The molecular formula is C26H38I3NO2-2. The van der Waals surface area contributed by atoms with Crippen molar-refractivity contribution in [3.63, 3.8) is 0 Å². The molecule has 0 N–H and O–H groups in total. The summed E-state index contributed by atoms with van der Waals surface area (Å²) < 4.78 is 5.67. The third kappa shape index (κ3) is 12.5. The summed E-state index contributed by atoms with van der Waals surface area (Å²) in [6.07, 6.45) is 3.62. The molecule has 0 saturated carbocycles. The molecule has 0 saturated heterocycles. The Labute approximate surface area is 226 Å². The van der Waals surface area contributed by atoms with Crippen LogP contribution in [0, 0.1) is 0 Å². The second-order valence-electron chi connectivity index (χ2n) is 8.89. The van der Waals surface area contributed by atoms with Crippen LogP contribution < -0.4 is 13.3 Å². The molecule has 0 aliphatic carbocycles. The minimum Gasteiger partial charge on any atom is -1.00 e. The van der Waals surface area contributed by atoms with Crippen LogP contribution in [0.3, 0.4) is 0 Å². The largest absolute Gasteiger partial charge is 1.00 e. The van der Waals surface area contributed by atoms with Gasteiger partial charge in [-0.15, -0.1) is 0 Å². The van der Waals surface area contributed by atoms with Crippen LogP contribution in [0.4, 0.5) is 0 Å². The Morgan fingerprint density at radius 1 is 1.06 bits per heavy atom. The van der Waals surface area contributed by atoms with E-state index < -0.39 is 5.60 Å². The summed E-state index contributed by atoms with van der Waals surface area (Å²) in [6, 6.07) is 21.4. The first-order valence-electron chi connectivity index (χ1n) is 11.1. The van der Waals surface area contributed by atoms with Crippen molar-refractivity contribution >= 4 is 43.2 Å². The minimum absolute atomic E-state index is 0. The van der Waals surface area contributed by atoms with E-state index in [9.17, 15) is 4.79 Å². The summed E-state index contributed by atoms with van der Waals surface area (Å²) in [5, 5.41) is 0. The van der Waals surface area contributed by atoms with Crippen molar-refractivity contribution in [2.24, 2.45) is 0 Å². The maximum Gasteiger partial charge on any atom is -1.00 e. The molecule has 0 bridgehead atoms. The molecule has 2 atom stereocenters. The third-order valence-corrected chi connectivity index (χ3v) is 5.17. The summed E-state index contributed by atoms with van der Waals surface area (Å²) in [7, 11) is 0. The van der Waals surface area contributed by atoms with Gasteiger partial charge in [-0.05, 0) is 45.2 Å². The summed E-state index contributed by atoms with van der Waals surface area (Å²) >= 11 is 5.30. The molecule has 32 heavy (non-hydrogen) atoms. The SMILES string of the molecule is CCCC[C@@H](CC(=O)OC(C)(C)C)N(Cc1ccccc1)[C@@H](C)c1ccccc1.I[I-]I.[2H-]. The van der Waals surface area contributed by atoms with Gasteiger partial charge in [0.25, 0.3) is 0 Å². The van der Waals surface area contributed by atoms with E-state index >= 15 is 0 Å². The Morgan fingerprint density at radius 3 is 2.09 bits per heavy atom. The number of halogens is 3. The quantitative estimate of drug-likeness (QED) is 0.239. The standard InChI is InChI=1S/C26H37NO2.I3.H/c1-6-7-18-24(19-25(28)29-26(3,4)5)27(20-22-14-10-8-11-15-22)21(2)23-16-12-9-13-17-23;1-3-2;/h8-17,21,24H,6-7,18-20H2,1-5H3;;/q;2*-1/t21-,24-;;/m0../s1/i;;1+1. The number of hydrogen-bond acceptors (Lipinski definition) is 3. The number of ether oxygens (including phenoxy) is 1. The van der Waals surface area contributed by atoms with Crippen LogP contribution in [0.5, 0.6) is 0 Å². The first kappa shape index (κ1) is 30.1. The van der Waals surface area contributed by atoms with Crippen LogP contribution in [-0.2, 0) is 16.1 Å². The van der Waals surface area contributed by atoms with Crippen molar-refractivity contribution < 1.29 is 24.2 Å². The Balaban J connectivity index is 0.00000242. The summed E-state index contributed by atoms with van der Waals surface area (Å²) in [6.45, 7) is 11.0. The van der Waals surface area contributed by atoms with Gasteiger partial charge in [0.1, 0.15) is 5.60 Å². The zero-order valence-corrected chi connectivity index (χ0v) is 26.3. The van der Waals surface area contributed by atoms with E-state index in [4.69, 9.17) is 4.74 Å². The maximum atomic E-state index is 12.7. The number of carbonyl (C=O) groups is 1. The van der Waals surface area contributed by atoms with Crippen LogP contribution in [-0.4, -0.2) is 22.5 Å². The van der Waals surface area contributed by atoms with E-state index in [0.29, 0.717) is 19.7 Å². The minimum atomic E-state index is -0.457. The van der Waals surface area contributed by atoms with Crippen molar-refractivity contribution in [2.45, 2.75) is 84.5 Å². The molecule has 2 rings (SSSR count). The van der Waals surface area contributed by atoms with Crippen molar-refractivity contribution in [3.8, 4) is 0 Å².